The van der Waals surface area contributed by atoms with Crippen LogP contribution in [0.4, 0.5) is 5.69 Å². The summed E-state index contributed by atoms with van der Waals surface area (Å²) in [6.45, 7) is 1.19. The molecule has 124 valence electrons. The molecule has 5 heteroatoms. The highest BCUT2D eigenvalue weighted by atomic mass is 16.7. The molecular weight excluding hydrogens is 306 g/mol. The van der Waals surface area contributed by atoms with Crippen molar-refractivity contribution in [3.8, 4) is 0 Å². The molecule has 0 aromatic heterocycles. The van der Waals surface area contributed by atoms with Crippen molar-refractivity contribution in [1.82, 2.24) is 0 Å². The lowest BCUT2D eigenvalue weighted by Gasteiger charge is -2.26. The van der Waals surface area contributed by atoms with Gasteiger partial charge in [0.1, 0.15) is 0 Å². The van der Waals surface area contributed by atoms with Crippen LogP contribution >= 0.6 is 0 Å². The normalized spacial score (nSPS) is 16.5. The van der Waals surface area contributed by atoms with Gasteiger partial charge < -0.3 is 9.47 Å². The Labute approximate surface area is 140 Å². The van der Waals surface area contributed by atoms with Crippen molar-refractivity contribution >= 4 is 11.8 Å². The third-order valence-corrected chi connectivity index (χ3v) is 3.97. The van der Waals surface area contributed by atoms with Crippen LogP contribution in [0.25, 0.3) is 6.08 Å². The molecule has 1 heterocycles. The smallest absolute Gasteiger partial charge is 0.269 e. The Morgan fingerprint density at radius 1 is 1.04 bits per heavy atom. The average Bonchev–Trinajstić information content (AvgIpc) is 3.05. The van der Waals surface area contributed by atoms with E-state index in [1.807, 2.05) is 30.4 Å². The number of ether oxygens (including phenoxy) is 2. The van der Waals surface area contributed by atoms with E-state index in [0.717, 1.165) is 5.56 Å². The van der Waals surface area contributed by atoms with Gasteiger partial charge >= 0.3 is 0 Å². The summed E-state index contributed by atoms with van der Waals surface area (Å²) in [6, 6.07) is 16.6. The second-order valence-electron chi connectivity index (χ2n) is 5.73. The van der Waals surface area contributed by atoms with Gasteiger partial charge in [0.25, 0.3) is 5.69 Å². The van der Waals surface area contributed by atoms with Crippen molar-refractivity contribution in [3.05, 3.63) is 81.9 Å². The minimum atomic E-state index is -0.626. The summed E-state index contributed by atoms with van der Waals surface area (Å²) in [6.07, 6.45) is 5.24. The van der Waals surface area contributed by atoms with E-state index in [0.29, 0.717) is 26.1 Å². The zero-order chi connectivity index (χ0) is 16.8. The molecule has 0 aliphatic carbocycles. The summed E-state index contributed by atoms with van der Waals surface area (Å²) in [5, 5.41) is 10.7. The number of nitrogens with zero attached hydrogens (tertiary/aromatic N) is 1. The second-order valence-corrected chi connectivity index (χ2v) is 5.73. The predicted molar refractivity (Wildman–Crippen MR) is 91.5 cm³/mol. The van der Waals surface area contributed by atoms with Gasteiger partial charge in [-0.1, -0.05) is 42.5 Å². The zero-order valence-corrected chi connectivity index (χ0v) is 13.3. The van der Waals surface area contributed by atoms with Gasteiger partial charge in [0.15, 0.2) is 5.79 Å². The maximum Gasteiger partial charge on any atom is 0.269 e. The van der Waals surface area contributed by atoms with E-state index in [4.69, 9.17) is 9.47 Å². The number of nitro groups is 1. The van der Waals surface area contributed by atoms with Gasteiger partial charge in [0, 0.05) is 25.0 Å². The van der Waals surface area contributed by atoms with Crippen LogP contribution in [0.15, 0.2) is 60.7 Å². The molecule has 5 nitrogen and oxygen atoms in total. The third kappa shape index (κ3) is 4.07. The Hall–Kier alpha value is -2.50. The first-order chi connectivity index (χ1) is 11.7. The number of non-ortho nitro benzene ring substituents is 1. The fourth-order valence-corrected chi connectivity index (χ4v) is 2.78. The van der Waals surface area contributed by atoms with Gasteiger partial charge in [0.2, 0.25) is 0 Å². The van der Waals surface area contributed by atoms with E-state index in [2.05, 4.69) is 12.1 Å². The molecule has 0 saturated carbocycles. The van der Waals surface area contributed by atoms with Crippen molar-refractivity contribution in [2.24, 2.45) is 0 Å². The fraction of sp³-hybridized carbons (Fsp3) is 0.263. The molecule has 0 amide bonds. The molecule has 0 unspecified atom stereocenters. The highest BCUT2D eigenvalue weighted by Gasteiger charge is 2.35. The van der Waals surface area contributed by atoms with Crippen LogP contribution in [-0.2, 0) is 15.9 Å². The van der Waals surface area contributed by atoms with Gasteiger partial charge in [-0.15, -0.1) is 0 Å². The van der Waals surface area contributed by atoms with Crippen molar-refractivity contribution in [3.63, 3.8) is 0 Å². The standard InChI is InChI=1S/C19H19NO4/c21-20(22)18-10-8-16(9-11-18)7-4-12-19(23-13-14-24-19)15-17-5-2-1-3-6-17/h1-11H,12-15H2. The molecule has 0 radical (unpaired) electrons. The lowest BCUT2D eigenvalue weighted by atomic mass is 10.0. The Morgan fingerprint density at radius 2 is 1.71 bits per heavy atom. The Balaban J connectivity index is 1.66. The summed E-state index contributed by atoms with van der Waals surface area (Å²) < 4.78 is 11.7. The topological polar surface area (TPSA) is 61.6 Å². The van der Waals surface area contributed by atoms with E-state index in [1.54, 1.807) is 12.1 Å². The first-order valence-corrected chi connectivity index (χ1v) is 7.90. The molecule has 1 saturated heterocycles. The molecule has 2 aromatic rings. The number of rotatable bonds is 6. The van der Waals surface area contributed by atoms with E-state index >= 15 is 0 Å². The number of hydrogen-bond donors (Lipinski definition) is 0. The lowest BCUT2D eigenvalue weighted by Crippen LogP contribution is -2.32. The number of nitro benzene ring substituents is 1. The Kier molecular flexibility index (Phi) is 5.03. The van der Waals surface area contributed by atoms with Crippen LogP contribution in [0, 0.1) is 10.1 Å². The van der Waals surface area contributed by atoms with Crippen molar-refractivity contribution in [2.45, 2.75) is 18.6 Å². The molecule has 3 rings (SSSR count). The summed E-state index contributed by atoms with van der Waals surface area (Å²) in [5.41, 5.74) is 2.17. The zero-order valence-electron chi connectivity index (χ0n) is 13.3. The van der Waals surface area contributed by atoms with Crippen LogP contribution in [0.1, 0.15) is 17.5 Å². The largest absolute Gasteiger partial charge is 0.347 e. The van der Waals surface area contributed by atoms with Gasteiger partial charge in [-0.25, -0.2) is 0 Å². The highest BCUT2D eigenvalue weighted by Crippen LogP contribution is 2.29. The van der Waals surface area contributed by atoms with Gasteiger partial charge in [-0.3, -0.25) is 10.1 Å². The average molecular weight is 325 g/mol. The molecular formula is C19H19NO4. The van der Waals surface area contributed by atoms with Crippen LogP contribution in [0.3, 0.4) is 0 Å². The Morgan fingerprint density at radius 3 is 2.33 bits per heavy atom. The second kappa shape index (κ2) is 7.38. The maximum atomic E-state index is 10.7. The minimum absolute atomic E-state index is 0.0927. The molecule has 0 bridgehead atoms. The van der Waals surface area contributed by atoms with Crippen molar-refractivity contribution in [1.29, 1.82) is 0 Å². The first kappa shape index (κ1) is 16.4. The SMILES string of the molecule is O=[N+]([O-])c1ccc(C=CCC2(Cc3ccccc3)OCCO2)cc1. The molecule has 0 atom stereocenters. The lowest BCUT2D eigenvalue weighted by molar-refractivity contribution is -0.384. The predicted octanol–water partition coefficient (Wildman–Crippen LogP) is 3.98. The minimum Gasteiger partial charge on any atom is -0.347 e. The number of benzene rings is 2. The van der Waals surface area contributed by atoms with Gasteiger partial charge in [-0.2, -0.15) is 0 Å². The number of hydrogen-bond acceptors (Lipinski definition) is 4. The quantitative estimate of drug-likeness (QED) is 0.595. The first-order valence-electron chi connectivity index (χ1n) is 7.90. The molecule has 1 fully saturated rings. The molecule has 2 aromatic carbocycles. The summed E-state index contributed by atoms with van der Waals surface area (Å²) in [5.74, 6) is -0.626. The maximum absolute atomic E-state index is 10.7. The molecule has 1 aliphatic rings. The van der Waals surface area contributed by atoms with Gasteiger partial charge in [-0.05, 0) is 23.3 Å². The van der Waals surface area contributed by atoms with Crippen molar-refractivity contribution in [2.75, 3.05) is 13.2 Å². The van der Waals surface area contributed by atoms with E-state index in [-0.39, 0.29) is 5.69 Å². The van der Waals surface area contributed by atoms with Gasteiger partial charge in [0.05, 0.1) is 18.1 Å². The van der Waals surface area contributed by atoms with Crippen LogP contribution in [-0.4, -0.2) is 23.9 Å². The molecule has 24 heavy (non-hydrogen) atoms. The van der Waals surface area contributed by atoms with E-state index in [1.165, 1.54) is 17.7 Å². The molecule has 1 aliphatic heterocycles. The third-order valence-electron chi connectivity index (χ3n) is 3.97. The molecule has 0 N–H and O–H groups in total. The van der Waals surface area contributed by atoms with Crippen LogP contribution in [0.2, 0.25) is 0 Å². The highest BCUT2D eigenvalue weighted by molar-refractivity contribution is 5.51. The van der Waals surface area contributed by atoms with E-state index in [9.17, 15) is 10.1 Å². The monoisotopic (exact) mass is 325 g/mol. The summed E-state index contributed by atoms with van der Waals surface area (Å²) in [7, 11) is 0. The fourth-order valence-electron chi connectivity index (χ4n) is 2.78. The van der Waals surface area contributed by atoms with Crippen molar-refractivity contribution < 1.29 is 14.4 Å². The van der Waals surface area contributed by atoms with Crippen LogP contribution < -0.4 is 0 Å². The summed E-state index contributed by atoms with van der Waals surface area (Å²) >= 11 is 0. The Bertz CT molecular complexity index is 704. The van der Waals surface area contributed by atoms with Crippen LogP contribution in [0.5, 0.6) is 0 Å². The molecule has 0 spiro atoms. The summed E-state index contributed by atoms with van der Waals surface area (Å²) in [4.78, 5) is 10.3. The van der Waals surface area contributed by atoms with E-state index < -0.39 is 10.7 Å².